The van der Waals surface area contributed by atoms with Crippen LogP contribution in [0.2, 0.25) is 0 Å². The molecule has 1 unspecified atom stereocenters. The number of sulfonamides is 1. The number of carbonyl (C=O) groups excluding carboxylic acids is 2. The Balaban J connectivity index is 1.72. The molecule has 2 aromatic rings. The molecular formula is C27H35FN4O5S. The van der Waals surface area contributed by atoms with Gasteiger partial charge in [-0.25, -0.2) is 17.5 Å². The fourth-order valence-electron chi connectivity index (χ4n) is 4.57. The molecule has 0 radical (unpaired) electrons. The zero-order chi connectivity index (χ0) is 27.7. The van der Waals surface area contributed by atoms with E-state index in [2.05, 4.69) is 15.1 Å². The second-order valence-corrected chi connectivity index (χ2v) is 12.6. The van der Waals surface area contributed by atoms with Gasteiger partial charge in [-0.2, -0.15) is 5.10 Å². The number of carbonyl (C=O) groups is 2. The van der Waals surface area contributed by atoms with Crippen molar-refractivity contribution in [3.63, 3.8) is 0 Å². The molecule has 2 amide bonds. The normalized spacial score (nSPS) is 20.0. The first-order valence-electron chi connectivity index (χ1n) is 13.0. The Kier molecular flexibility index (Phi) is 7.96. The summed E-state index contributed by atoms with van der Waals surface area (Å²) in [5, 5.41) is 6.68. The van der Waals surface area contributed by atoms with E-state index >= 15 is 4.39 Å². The van der Waals surface area contributed by atoms with E-state index in [1.54, 1.807) is 36.0 Å². The summed E-state index contributed by atoms with van der Waals surface area (Å²) in [5.74, 6) is -1.67. The van der Waals surface area contributed by atoms with E-state index in [4.69, 9.17) is 4.74 Å². The van der Waals surface area contributed by atoms with Crippen LogP contribution in [-0.2, 0) is 31.7 Å². The van der Waals surface area contributed by atoms with Crippen LogP contribution in [0.15, 0.2) is 36.0 Å². The molecule has 0 bridgehead atoms. The van der Waals surface area contributed by atoms with E-state index < -0.39 is 38.4 Å². The largest absolute Gasteiger partial charge is 0.493 e. The topological polar surface area (TPSA) is 119 Å². The first kappa shape index (κ1) is 27.8. The number of nitrogens with zero attached hydrogens (tertiary/aromatic N) is 2. The average molecular weight is 547 g/mol. The standard InChI is InChI=1S/C27H35FN4O5S/c1-5-6-13-37-18-7-10-21(22(28)14-18)27(4)15-20(23-11-12-32(30-23)16-17(2)3)24(25(33)29-27)26(34)31-38(35,36)19-8-9-19/h7,10-12,14,17,19H,5-6,8-9,13,15-16H2,1-4H3,(H,29,33)(H,31,34). The smallest absolute Gasteiger partial charge is 0.270 e. The quantitative estimate of drug-likeness (QED) is 0.328. The zero-order valence-electron chi connectivity index (χ0n) is 22.2. The molecule has 1 aliphatic carbocycles. The third kappa shape index (κ3) is 6.09. The highest BCUT2D eigenvalue weighted by atomic mass is 32.2. The molecule has 1 aromatic heterocycles. The maximum atomic E-state index is 15.3. The van der Waals surface area contributed by atoms with Crippen LogP contribution in [-0.4, -0.2) is 41.9 Å². The van der Waals surface area contributed by atoms with Crippen molar-refractivity contribution in [3.05, 3.63) is 53.1 Å². The molecule has 2 heterocycles. The van der Waals surface area contributed by atoms with Crippen molar-refractivity contribution in [2.75, 3.05) is 6.61 Å². The minimum absolute atomic E-state index is 0.0244. The summed E-state index contributed by atoms with van der Waals surface area (Å²) in [6.45, 7) is 8.85. The molecule has 2 N–H and O–H groups in total. The third-order valence-electron chi connectivity index (χ3n) is 6.68. The number of amides is 2. The van der Waals surface area contributed by atoms with E-state index in [1.807, 2.05) is 20.8 Å². The Bertz CT molecular complexity index is 1360. The van der Waals surface area contributed by atoms with Crippen LogP contribution in [0.1, 0.15) is 71.1 Å². The summed E-state index contributed by atoms with van der Waals surface area (Å²) in [6, 6.07) is 6.18. The SMILES string of the molecule is CCCCOc1ccc(C2(C)CC(c3ccn(CC(C)C)n3)=C(C(=O)NS(=O)(=O)C3CC3)C(=O)N2)c(F)c1. The molecule has 1 atom stereocenters. The van der Waals surface area contributed by atoms with Gasteiger partial charge in [0.2, 0.25) is 10.0 Å². The first-order chi connectivity index (χ1) is 17.9. The maximum absolute atomic E-state index is 15.3. The second kappa shape index (κ2) is 10.9. The molecule has 9 nitrogen and oxygen atoms in total. The number of hydrogen-bond donors (Lipinski definition) is 2. The number of hydrogen-bond acceptors (Lipinski definition) is 6. The summed E-state index contributed by atoms with van der Waals surface area (Å²) in [5.41, 5.74) is -0.718. The average Bonchev–Trinajstić information content (AvgIpc) is 3.59. The molecule has 1 fully saturated rings. The van der Waals surface area contributed by atoms with Gasteiger partial charge in [0, 0.05) is 36.4 Å². The van der Waals surface area contributed by atoms with E-state index in [-0.39, 0.29) is 23.1 Å². The van der Waals surface area contributed by atoms with Gasteiger partial charge in [0.15, 0.2) is 0 Å². The molecule has 4 rings (SSSR count). The molecule has 1 aliphatic heterocycles. The van der Waals surface area contributed by atoms with Gasteiger partial charge in [-0.15, -0.1) is 0 Å². The van der Waals surface area contributed by atoms with Crippen molar-refractivity contribution in [2.24, 2.45) is 5.92 Å². The number of nitrogens with one attached hydrogen (secondary N) is 2. The minimum atomic E-state index is -3.89. The molecule has 11 heteroatoms. The number of ether oxygens (including phenoxy) is 1. The fourth-order valence-corrected chi connectivity index (χ4v) is 5.85. The van der Waals surface area contributed by atoms with Crippen LogP contribution in [0.25, 0.3) is 5.57 Å². The van der Waals surface area contributed by atoms with E-state index in [9.17, 15) is 18.0 Å². The minimum Gasteiger partial charge on any atom is -0.493 e. The lowest BCUT2D eigenvalue weighted by Crippen LogP contribution is -2.51. The Morgan fingerprint density at radius 1 is 1.32 bits per heavy atom. The van der Waals surface area contributed by atoms with Crippen LogP contribution >= 0.6 is 0 Å². The van der Waals surface area contributed by atoms with Gasteiger partial charge in [0.05, 0.1) is 23.1 Å². The Morgan fingerprint density at radius 3 is 2.68 bits per heavy atom. The lowest BCUT2D eigenvalue weighted by atomic mass is 9.79. The highest BCUT2D eigenvalue weighted by Gasteiger charge is 2.44. The molecule has 206 valence electrons. The summed E-state index contributed by atoms with van der Waals surface area (Å²) in [4.78, 5) is 26.6. The molecule has 2 aliphatic rings. The van der Waals surface area contributed by atoms with Crippen molar-refractivity contribution in [1.29, 1.82) is 0 Å². The molecule has 1 saturated carbocycles. The van der Waals surface area contributed by atoms with Crippen molar-refractivity contribution in [3.8, 4) is 5.75 Å². The number of aromatic nitrogens is 2. The monoisotopic (exact) mass is 546 g/mol. The number of halogens is 1. The Labute approximate surface area is 222 Å². The van der Waals surface area contributed by atoms with E-state index in [1.165, 1.54) is 6.07 Å². The molecule has 0 saturated heterocycles. The van der Waals surface area contributed by atoms with Crippen LogP contribution < -0.4 is 14.8 Å². The number of benzene rings is 1. The summed E-state index contributed by atoms with van der Waals surface area (Å²) in [6.07, 6.45) is 4.49. The maximum Gasteiger partial charge on any atom is 0.270 e. The van der Waals surface area contributed by atoms with Crippen molar-refractivity contribution >= 4 is 27.4 Å². The first-order valence-corrected chi connectivity index (χ1v) is 14.6. The van der Waals surface area contributed by atoms with Gasteiger partial charge in [-0.3, -0.25) is 14.3 Å². The zero-order valence-corrected chi connectivity index (χ0v) is 23.0. The predicted molar refractivity (Wildman–Crippen MR) is 141 cm³/mol. The summed E-state index contributed by atoms with van der Waals surface area (Å²) < 4.78 is 49.7. The molecule has 38 heavy (non-hydrogen) atoms. The summed E-state index contributed by atoms with van der Waals surface area (Å²) >= 11 is 0. The van der Waals surface area contributed by atoms with Crippen LogP contribution in [0.5, 0.6) is 5.75 Å². The van der Waals surface area contributed by atoms with Crippen LogP contribution in [0.3, 0.4) is 0 Å². The highest BCUT2D eigenvalue weighted by Crippen LogP contribution is 2.40. The van der Waals surface area contributed by atoms with Gasteiger partial charge < -0.3 is 10.1 Å². The highest BCUT2D eigenvalue weighted by molar-refractivity contribution is 7.91. The van der Waals surface area contributed by atoms with Crippen molar-refractivity contribution in [1.82, 2.24) is 19.8 Å². The number of unbranched alkanes of at least 4 members (excludes halogenated alkanes) is 1. The Hall–Kier alpha value is -3.21. The molecule has 1 aromatic carbocycles. The van der Waals surface area contributed by atoms with E-state index in [0.717, 1.165) is 12.8 Å². The number of rotatable bonds is 11. The van der Waals surface area contributed by atoms with Gasteiger partial charge in [-0.05, 0) is 44.2 Å². The van der Waals surface area contributed by atoms with Gasteiger partial charge in [0.1, 0.15) is 17.1 Å². The van der Waals surface area contributed by atoms with Crippen LogP contribution in [0, 0.1) is 11.7 Å². The third-order valence-corrected chi connectivity index (χ3v) is 8.50. The van der Waals surface area contributed by atoms with Crippen LogP contribution in [0.4, 0.5) is 4.39 Å². The molecule has 0 spiro atoms. The second-order valence-electron chi connectivity index (χ2n) is 10.7. The predicted octanol–water partition coefficient (Wildman–Crippen LogP) is 3.65. The Morgan fingerprint density at radius 2 is 2.05 bits per heavy atom. The fraction of sp³-hybridized carbons (Fsp3) is 0.519. The lowest BCUT2D eigenvalue weighted by molar-refractivity contribution is -0.124. The van der Waals surface area contributed by atoms with Gasteiger partial charge >= 0.3 is 0 Å². The van der Waals surface area contributed by atoms with Crippen molar-refractivity contribution in [2.45, 2.75) is 77.1 Å². The lowest BCUT2D eigenvalue weighted by Gasteiger charge is -2.37. The van der Waals surface area contributed by atoms with Crippen molar-refractivity contribution < 1.29 is 27.1 Å². The molecular weight excluding hydrogens is 511 g/mol. The summed E-state index contributed by atoms with van der Waals surface area (Å²) in [7, 11) is -3.89. The van der Waals surface area contributed by atoms with Gasteiger partial charge in [0.25, 0.3) is 11.8 Å². The van der Waals surface area contributed by atoms with E-state index in [0.29, 0.717) is 43.4 Å². The van der Waals surface area contributed by atoms with Gasteiger partial charge in [-0.1, -0.05) is 33.3 Å².